The molecule has 6 rings (SSSR count). The van der Waals surface area contributed by atoms with Crippen molar-refractivity contribution >= 4 is 46.4 Å². The van der Waals surface area contributed by atoms with Gasteiger partial charge in [0.15, 0.2) is 11.5 Å². The van der Waals surface area contributed by atoms with Crippen molar-refractivity contribution < 1.29 is 31.3 Å². The van der Waals surface area contributed by atoms with Gasteiger partial charge in [-0.2, -0.15) is 9.97 Å². The van der Waals surface area contributed by atoms with Gasteiger partial charge in [0.2, 0.25) is 0 Å². The molecule has 228 valence electrons. The van der Waals surface area contributed by atoms with Crippen LogP contribution >= 0.6 is 46.4 Å². The number of benzene rings is 2. The molecule has 0 N–H and O–H groups in total. The number of aromatic nitrogens is 6. The molecule has 0 amide bonds. The van der Waals surface area contributed by atoms with Gasteiger partial charge in [0.25, 0.3) is 12.9 Å². The Labute approximate surface area is 269 Å². The monoisotopic (exact) mass is 696 g/mol. The van der Waals surface area contributed by atoms with Crippen molar-refractivity contribution in [2.24, 2.45) is 0 Å². The third kappa shape index (κ3) is 6.16. The molecular weight excluding hydrogens is 686 g/mol. The summed E-state index contributed by atoms with van der Waals surface area (Å²) >= 11 is 25.7. The Balaban J connectivity index is 1.38. The zero-order valence-electron chi connectivity index (χ0n) is 21.9. The summed E-state index contributed by atoms with van der Waals surface area (Å²) in [7, 11) is 0. The lowest BCUT2D eigenvalue weighted by Crippen LogP contribution is -2.00. The molecule has 0 aliphatic rings. The van der Waals surface area contributed by atoms with E-state index in [1.807, 2.05) is 0 Å². The average Bonchev–Trinajstić information content (AvgIpc) is 3.70. The highest BCUT2D eigenvalue weighted by molar-refractivity contribution is 6.36. The molecule has 6 aromatic rings. The smallest absolute Gasteiger partial charge is 0.325 e. The molecule has 0 unspecified atom stereocenters. The summed E-state index contributed by atoms with van der Waals surface area (Å²) in [4.78, 5) is 16.9. The van der Waals surface area contributed by atoms with E-state index >= 15 is 0 Å². The van der Waals surface area contributed by atoms with Gasteiger partial charge in [-0.3, -0.25) is 0 Å². The molecule has 0 bridgehead atoms. The van der Waals surface area contributed by atoms with E-state index in [0.717, 1.165) is 12.1 Å². The number of halogens is 8. The molecule has 2 aromatic carbocycles. The van der Waals surface area contributed by atoms with Crippen LogP contribution in [-0.2, 0) is 0 Å². The van der Waals surface area contributed by atoms with Gasteiger partial charge in [-0.15, -0.1) is 0 Å². The Morgan fingerprint density at radius 3 is 1.40 bits per heavy atom. The van der Waals surface area contributed by atoms with Gasteiger partial charge >= 0.3 is 12.0 Å². The molecule has 0 atom stereocenters. The maximum atomic E-state index is 13.2. The Kier molecular flexibility index (Phi) is 8.60. The van der Waals surface area contributed by atoms with E-state index in [1.165, 1.54) is 24.5 Å². The molecule has 4 heterocycles. The summed E-state index contributed by atoms with van der Waals surface area (Å²) in [6, 6.07) is 11.0. The van der Waals surface area contributed by atoms with Crippen LogP contribution in [-0.4, -0.2) is 30.2 Å². The quantitative estimate of drug-likeness (QED) is 0.143. The first-order valence-corrected chi connectivity index (χ1v) is 13.9. The Hall–Kier alpha value is -4.30. The predicted molar refractivity (Wildman–Crippen MR) is 156 cm³/mol. The van der Waals surface area contributed by atoms with Gasteiger partial charge in [0.1, 0.15) is 11.4 Å². The van der Waals surface area contributed by atoms with Gasteiger partial charge in [0.05, 0.1) is 43.9 Å². The van der Waals surface area contributed by atoms with Crippen molar-refractivity contribution in [3.05, 3.63) is 92.4 Å². The van der Waals surface area contributed by atoms with E-state index in [9.17, 15) is 17.6 Å². The molecular formula is C28H12Cl4F4N6O3. The van der Waals surface area contributed by atoms with Crippen LogP contribution in [0.2, 0.25) is 20.1 Å². The van der Waals surface area contributed by atoms with Gasteiger partial charge in [0, 0.05) is 34.4 Å². The summed E-state index contributed by atoms with van der Waals surface area (Å²) in [6.45, 7) is 0. The standard InChI is InChI=1S/C28H12Cl4F4N6O3/c29-13-5-1-3-11(21(13)19-7-17(25(33)34)41-44-19)23-15(31)9-37-27(39-23)43-28-38-10-16(32)24(40-28)12-4-2-6-14(30)22(12)20-8-18(26(35)36)42-45-20/h1-10,25-26H. The average molecular weight is 698 g/mol. The van der Waals surface area contributed by atoms with Gasteiger partial charge in [-0.1, -0.05) is 81.0 Å². The van der Waals surface area contributed by atoms with Gasteiger partial charge in [-0.05, 0) is 12.1 Å². The van der Waals surface area contributed by atoms with Crippen LogP contribution in [0.25, 0.3) is 45.2 Å². The number of rotatable bonds is 8. The molecule has 0 aliphatic heterocycles. The van der Waals surface area contributed by atoms with E-state index < -0.39 is 24.2 Å². The number of hydrogen-bond donors (Lipinski definition) is 0. The molecule has 9 nitrogen and oxygen atoms in total. The minimum absolute atomic E-state index is 0.0431. The van der Waals surface area contributed by atoms with Crippen LogP contribution in [0.1, 0.15) is 24.2 Å². The molecule has 0 spiro atoms. The second kappa shape index (κ2) is 12.6. The molecule has 0 fully saturated rings. The number of alkyl halides is 4. The van der Waals surface area contributed by atoms with Crippen LogP contribution in [0, 0.1) is 0 Å². The summed E-state index contributed by atoms with van der Waals surface area (Å²) in [5.41, 5.74) is 0.0646. The van der Waals surface area contributed by atoms with E-state index in [-0.39, 0.29) is 66.1 Å². The highest BCUT2D eigenvalue weighted by Gasteiger charge is 2.24. The maximum absolute atomic E-state index is 13.2. The molecule has 0 radical (unpaired) electrons. The van der Waals surface area contributed by atoms with Crippen molar-refractivity contribution in [1.82, 2.24) is 30.2 Å². The first-order chi connectivity index (χ1) is 21.6. The highest BCUT2D eigenvalue weighted by atomic mass is 35.5. The third-order valence-electron chi connectivity index (χ3n) is 6.16. The van der Waals surface area contributed by atoms with E-state index in [2.05, 4.69) is 30.2 Å². The van der Waals surface area contributed by atoms with Crippen molar-refractivity contribution in [2.45, 2.75) is 12.9 Å². The fourth-order valence-corrected chi connectivity index (χ4v) is 5.14. The Bertz CT molecular complexity index is 1900. The Morgan fingerprint density at radius 1 is 0.600 bits per heavy atom. The number of ether oxygens (including phenoxy) is 1. The second-order valence-corrected chi connectivity index (χ2v) is 10.6. The van der Waals surface area contributed by atoms with Crippen molar-refractivity contribution in [1.29, 1.82) is 0 Å². The fraction of sp³-hybridized carbons (Fsp3) is 0.0714. The minimum atomic E-state index is -2.87. The molecule has 4 aromatic heterocycles. The Morgan fingerprint density at radius 2 is 1.02 bits per heavy atom. The highest BCUT2D eigenvalue weighted by Crippen LogP contribution is 2.42. The van der Waals surface area contributed by atoms with E-state index in [0.29, 0.717) is 11.1 Å². The lowest BCUT2D eigenvalue weighted by Gasteiger charge is -2.12. The van der Waals surface area contributed by atoms with Gasteiger partial charge < -0.3 is 13.8 Å². The molecule has 0 aliphatic carbocycles. The zero-order chi connectivity index (χ0) is 31.8. The fourth-order valence-electron chi connectivity index (χ4n) is 4.22. The number of hydrogen-bond acceptors (Lipinski definition) is 9. The lowest BCUT2D eigenvalue weighted by molar-refractivity contribution is 0.140. The molecule has 0 saturated heterocycles. The normalized spacial score (nSPS) is 11.5. The van der Waals surface area contributed by atoms with Crippen LogP contribution < -0.4 is 4.74 Å². The summed E-state index contributed by atoms with van der Waals surface area (Å²) in [6.07, 6.45) is -3.25. The molecule has 17 heteroatoms. The molecule has 45 heavy (non-hydrogen) atoms. The largest absolute Gasteiger partial charge is 0.388 e. The van der Waals surface area contributed by atoms with Crippen molar-refractivity contribution in [3.8, 4) is 57.2 Å². The topological polar surface area (TPSA) is 113 Å². The summed E-state index contributed by atoms with van der Waals surface area (Å²) < 4.78 is 68.8. The van der Waals surface area contributed by atoms with Crippen LogP contribution in [0.3, 0.4) is 0 Å². The predicted octanol–water partition coefficient (Wildman–Crippen LogP) is 10.2. The van der Waals surface area contributed by atoms with E-state index in [1.54, 1.807) is 24.3 Å². The van der Waals surface area contributed by atoms with Crippen molar-refractivity contribution in [3.63, 3.8) is 0 Å². The third-order valence-corrected chi connectivity index (χ3v) is 7.34. The van der Waals surface area contributed by atoms with Crippen LogP contribution in [0.5, 0.6) is 12.0 Å². The van der Waals surface area contributed by atoms with Crippen molar-refractivity contribution in [2.75, 3.05) is 0 Å². The second-order valence-electron chi connectivity index (χ2n) is 8.96. The first kappa shape index (κ1) is 30.7. The van der Waals surface area contributed by atoms with Crippen LogP contribution in [0.15, 0.2) is 70.0 Å². The van der Waals surface area contributed by atoms with Gasteiger partial charge in [-0.25, -0.2) is 27.5 Å². The first-order valence-electron chi connectivity index (χ1n) is 12.4. The summed E-state index contributed by atoms with van der Waals surface area (Å²) in [5, 5.41) is 7.21. The number of nitrogens with zero attached hydrogens (tertiary/aromatic N) is 6. The molecule has 0 saturated carbocycles. The summed E-state index contributed by atoms with van der Waals surface area (Å²) in [5.74, 6) is -0.0862. The maximum Gasteiger partial charge on any atom is 0.325 e. The lowest BCUT2D eigenvalue weighted by atomic mass is 10.0. The zero-order valence-corrected chi connectivity index (χ0v) is 24.9. The van der Waals surface area contributed by atoms with E-state index in [4.69, 9.17) is 60.2 Å². The minimum Gasteiger partial charge on any atom is -0.388 e. The van der Waals surface area contributed by atoms with Crippen LogP contribution in [0.4, 0.5) is 17.6 Å². The SMILES string of the molecule is FC(F)c1cc(-c2c(Cl)cccc2-c2nc(Oc3ncc(Cl)c(-c4cccc(Cl)c4-c4cc(C(F)F)no4)n3)ncc2Cl)on1.